The van der Waals surface area contributed by atoms with E-state index in [-0.39, 0.29) is 73.7 Å². The van der Waals surface area contributed by atoms with Crippen molar-refractivity contribution in [2.75, 3.05) is 6.61 Å². The van der Waals surface area contributed by atoms with Gasteiger partial charge in [0.15, 0.2) is 6.61 Å². The summed E-state index contributed by atoms with van der Waals surface area (Å²) in [5.41, 5.74) is 0. The van der Waals surface area contributed by atoms with Crippen LogP contribution in [0.4, 0.5) is 0 Å². The Labute approximate surface area is 234 Å². The molecule has 0 radical (unpaired) electrons. The topological polar surface area (TPSA) is 110 Å². The zero-order valence-electron chi connectivity index (χ0n) is 17.4. The molecule has 0 aromatic rings. The van der Waals surface area contributed by atoms with E-state index in [9.17, 15) is 19.0 Å². The van der Waals surface area contributed by atoms with Gasteiger partial charge < -0.3 is 9.63 Å². The zero-order valence-corrected chi connectivity index (χ0v) is 18.3. The Balaban J connectivity index is -0.00000364. The Hall–Kier alpha value is 1.35. The minimum absolute atomic E-state index is 0. The van der Waals surface area contributed by atoms with Crippen molar-refractivity contribution in [3.8, 4) is 0 Å². The first-order chi connectivity index (χ1) is 13.4. The van der Waals surface area contributed by atoms with Crippen LogP contribution in [0, 0.1) is 0 Å². The third-order valence-corrected chi connectivity index (χ3v) is 5.44. The van der Waals surface area contributed by atoms with Crippen LogP contribution in [0.2, 0.25) is 0 Å². The molecule has 0 saturated carbocycles. The van der Waals surface area contributed by atoms with Gasteiger partial charge in [-0.25, -0.2) is 9.36 Å². The number of phosphoric acid groups is 1. The van der Waals surface area contributed by atoms with Crippen LogP contribution in [0.1, 0.15) is 110 Å². The van der Waals surface area contributed by atoms with Crippen molar-refractivity contribution in [1.82, 2.24) is 0 Å². The SMILES string of the molecule is CCCCCCCCCCCCCCCCCC(=O)OP(=O)(O)OCC(=O)O.[CaH2].[NaH]. The van der Waals surface area contributed by atoms with E-state index in [0.29, 0.717) is 6.42 Å². The van der Waals surface area contributed by atoms with E-state index in [1.54, 1.807) is 0 Å². The number of carbonyl (C=O) groups excluding carboxylic acids is 1. The van der Waals surface area contributed by atoms with Gasteiger partial charge in [-0.05, 0) is 6.42 Å². The van der Waals surface area contributed by atoms with Crippen LogP contribution in [0.15, 0.2) is 0 Å². The summed E-state index contributed by atoms with van der Waals surface area (Å²) in [7, 11) is -4.62. The van der Waals surface area contributed by atoms with Crippen molar-refractivity contribution in [2.24, 2.45) is 0 Å². The van der Waals surface area contributed by atoms with Gasteiger partial charge in [-0.2, -0.15) is 0 Å². The Morgan fingerprint density at radius 1 is 0.767 bits per heavy atom. The van der Waals surface area contributed by atoms with Gasteiger partial charge in [0, 0.05) is 6.42 Å². The summed E-state index contributed by atoms with van der Waals surface area (Å²) in [4.78, 5) is 30.9. The molecule has 0 aliphatic carbocycles. The van der Waals surface area contributed by atoms with E-state index in [1.807, 2.05) is 0 Å². The Morgan fingerprint density at radius 2 is 1.13 bits per heavy atom. The maximum absolute atomic E-state index is 11.5. The summed E-state index contributed by atoms with van der Waals surface area (Å²) in [5, 5.41) is 8.37. The number of unbranched alkanes of at least 4 members (excludes halogenated alkanes) is 14. The molecule has 0 aromatic carbocycles. The van der Waals surface area contributed by atoms with Gasteiger partial charge in [-0.15, -0.1) is 0 Å². The van der Waals surface area contributed by atoms with Crippen molar-refractivity contribution < 1.29 is 33.2 Å². The molecule has 172 valence electrons. The summed E-state index contributed by atoms with van der Waals surface area (Å²) >= 11 is 0. The van der Waals surface area contributed by atoms with Crippen molar-refractivity contribution >= 4 is 87.1 Å². The molecular weight excluding hydrogens is 446 g/mol. The van der Waals surface area contributed by atoms with E-state index in [1.165, 1.54) is 70.6 Å². The molecule has 30 heavy (non-hydrogen) atoms. The van der Waals surface area contributed by atoms with Crippen LogP contribution in [0.5, 0.6) is 0 Å². The van der Waals surface area contributed by atoms with Crippen LogP contribution in [0.3, 0.4) is 0 Å². The molecule has 7 nitrogen and oxygen atoms in total. The fraction of sp³-hybridized carbons (Fsp3) is 0.900. The van der Waals surface area contributed by atoms with E-state index >= 15 is 0 Å². The molecular formula is C20H42CaNaO7P. The fourth-order valence-electron chi connectivity index (χ4n) is 2.98. The summed E-state index contributed by atoms with van der Waals surface area (Å²) < 4.78 is 19.8. The standard InChI is InChI=1S/C20H39O7P.Ca.Na.3H/c1-2-3-4-5-6-7-8-9-10-11-12-13-14-15-16-17-20(23)27-28(24,25)26-18-19(21)22;;;;;/h2-18H2,1H3,(H,21,22)(H,24,25);;;;;. The van der Waals surface area contributed by atoms with Crippen LogP contribution in [0.25, 0.3) is 0 Å². The van der Waals surface area contributed by atoms with E-state index in [4.69, 9.17) is 5.11 Å². The number of hydrogen-bond acceptors (Lipinski definition) is 5. The predicted molar refractivity (Wildman–Crippen MR) is 125 cm³/mol. The van der Waals surface area contributed by atoms with Crippen molar-refractivity contribution in [3.63, 3.8) is 0 Å². The van der Waals surface area contributed by atoms with Crippen LogP contribution >= 0.6 is 7.82 Å². The Morgan fingerprint density at radius 3 is 1.50 bits per heavy atom. The van der Waals surface area contributed by atoms with Crippen molar-refractivity contribution in [3.05, 3.63) is 0 Å². The third kappa shape index (κ3) is 27.4. The number of carboxylic acids is 1. The Kier molecular flexibility index (Phi) is 29.9. The maximum atomic E-state index is 11.5. The van der Waals surface area contributed by atoms with Gasteiger partial charge in [-0.1, -0.05) is 96.8 Å². The van der Waals surface area contributed by atoms with Gasteiger partial charge in [-0.3, -0.25) is 14.2 Å². The second-order valence-corrected chi connectivity index (χ2v) is 8.68. The first-order valence-electron chi connectivity index (χ1n) is 10.8. The van der Waals surface area contributed by atoms with Crippen LogP contribution < -0.4 is 0 Å². The fourth-order valence-corrected chi connectivity index (χ4v) is 3.65. The second kappa shape index (κ2) is 25.0. The average molecular weight is 489 g/mol. The second-order valence-electron chi connectivity index (χ2n) is 7.30. The molecule has 10 heteroatoms. The third-order valence-electron chi connectivity index (χ3n) is 4.55. The normalized spacial score (nSPS) is 12.3. The molecule has 0 amide bonds. The number of aliphatic carboxylic acids is 1. The van der Waals surface area contributed by atoms with Gasteiger partial charge in [0.1, 0.15) is 0 Å². The van der Waals surface area contributed by atoms with Crippen molar-refractivity contribution in [1.29, 1.82) is 0 Å². The number of carbonyl (C=O) groups is 2. The summed E-state index contributed by atoms with van der Waals surface area (Å²) in [6.07, 6.45) is 18.2. The number of carboxylic acid groups (broad SMARTS) is 1. The van der Waals surface area contributed by atoms with Gasteiger partial charge in [0.05, 0.1) is 0 Å². The number of hydrogen-bond donors (Lipinski definition) is 2. The van der Waals surface area contributed by atoms with Crippen molar-refractivity contribution in [2.45, 2.75) is 110 Å². The van der Waals surface area contributed by atoms with Gasteiger partial charge >= 0.3 is 87.1 Å². The van der Waals surface area contributed by atoms with E-state index < -0.39 is 26.4 Å². The number of phosphoric ester groups is 1. The summed E-state index contributed by atoms with van der Waals surface area (Å²) in [5.74, 6) is -2.25. The first-order valence-corrected chi connectivity index (χ1v) is 12.3. The average Bonchev–Trinajstić information content (AvgIpc) is 2.63. The van der Waals surface area contributed by atoms with Crippen LogP contribution in [-0.2, 0) is 23.2 Å². The molecule has 0 heterocycles. The minimum atomic E-state index is -4.62. The first kappa shape index (κ1) is 35.9. The van der Waals surface area contributed by atoms with Gasteiger partial charge in [0.2, 0.25) is 0 Å². The van der Waals surface area contributed by atoms with Crippen LogP contribution in [-0.4, -0.2) is 95.8 Å². The molecule has 2 N–H and O–H groups in total. The predicted octanol–water partition coefficient (Wildman–Crippen LogP) is 4.43. The van der Waals surface area contributed by atoms with Gasteiger partial charge in [0.25, 0.3) is 0 Å². The molecule has 0 aliphatic heterocycles. The molecule has 0 rings (SSSR count). The summed E-state index contributed by atoms with van der Waals surface area (Å²) in [6, 6.07) is 0. The zero-order chi connectivity index (χ0) is 21.1. The van der Waals surface area contributed by atoms with E-state index in [0.717, 1.165) is 19.3 Å². The molecule has 0 saturated heterocycles. The molecule has 0 bridgehead atoms. The summed E-state index contributed by atoms with van der Waals surface area (Å²) in [6.45, 7) is 1.26. The van der Waals surface area contributed by atoms with E-state index in [2.05, 4.69) is 16.0 Å². The molecule has 0 aliphatic rings. The molecule has 0 fully saturated rings. The molecule has 1 unspecified atom stereocenters. The quantitative estimate of drug-likeness (QED) is 0.148. The molecule has 0 spiro atoms. The molecule has 1 atom stereocenters. The molecule has 0 aromatic heterocycles. The Bertz CT molecular complexity index is 466. The number of rotatable bonds is 20. The monoisotopic (exact) mass is 488 g/mol.